The maximum atomic E-state index is 4.51. The lowest BCUT2D eigenvalue weighted by atomic mass is 10.2. The van der Waals surface area contributed by atoms with Gasteiger partial charge in [0, 0.05) is 15.3 Å². The van der Waals surface area contributed by atoms with Crippen molar-refractivity contribution >= 4 is 33.6 Å². The number of aromatic nitrogens is 3. The number of nitrogens with zero attached hydrogens (tertiary/aromatic N) is 2. The number of pyridine rings is 1. The fraction of sp³-hybridized carbons (Fsp3) is 0. The number of aromatic amines is 1. The molecule has 0 bridgehead atoms. The first-order valence-corrected chi connectivity index (χ1v) is 5.96. The minimum atomic E-state index is 0.888. The lowest BCUT2D eigenvalue weighted by molar-refractivity contribution is 1.32. The van der Waals surface area contributed by atoms with Crippen LogP contribution in [0.1, 0.15) is 0 Å². The molecule has 2 aromatic heterocycles. The van der Waals surface area contributed by atoms with Crippen LogP contribution in [0.25, 0.3) is 22.4 Å². The third-order valence-corrected chi connectivity index (χ3v) is 3.12. The minimum Gasteiger partial charge on any atom is -0.337 e. The van der Waals surface area contributed by atoms with Crippen LogP contribution in [0.2, 0.25) is 0 Å². The predicted molar refractivity (Wildman–Crippen MR) is 72.0 cm³/mol. The quantitative estimate of drug-likeness (QED) is 0.699. The SMILES string of the molecule is Ic1ccc(-c2nc3ccncc3[nH]2)cc1. The summed E-state index contributed by atoms with van der Waals surface area (Å²) < 4.78 is 1.22. The minimum absolute atomic E-state index is 0.888. The molecule has 3 aromatic rings. The van der Waals surface area contributed by atoms with Gasteiger partial charge in [0.25, 0.3) is 0 Å². The molecule has 0 spiro atoms. The predicted octanol–water partition coefficient (Wildman–Crippen LogP) is 3.23. The third-order valence-electron chi connectivity index (χ3n) is 2.40. The second kappa shape index (κ2) is 3.86. The average Bonchev–Trinajstić information content (AvgIpc) is 2.73. The van der Waals surface area contributed by atoms with Crippen molar-refractivity contribution < 1.29 is 0 Å². The Kier molecular flexibility index (Phi) is 2.36. The van der Waals surface area contributed by atoms with Gasteiger partial charge in [0.2, 0.25) is 0 Å². The summed E-state index contributed by atoms with van der Waals surface area (Å²) in [6.07, 6.45) is 3.54. The Labute approximate surface area is 106 Å². The van der Waals surface area contributed by atoms with E-state index in [1.807, 2.05) is 6.07 Å². The fourth-order valence-electron chi connectivity index (χ4n) is 1.60. The molecule has 0 aliphatic carbocycles. The Balaban J connectivity index is 2.15. The molecule has 3 rings (SSSR count). The van der Waals surface area contributed by atoms with Gasteiger partial charge in [-0.1, -0.05) is 12.1 Å². The van der Waals surface area contributed by atoms with Crippen molar-refractivity contribution in [3.63, 3.8) is 0 Å². The summed E-state index contributed by atoms with van der Waals surface area (Å²) >= 11 is 2.29. The molecule has 0 atom stereocenters. The third kappa shape index (κ3) is 1.69. The van der Waals surface area contributed by atoms with E-state index in [0.29, 0.717) is 0 Å². The van der Waals surface area contributed by atoms with Crippen LogP contribution in [0, 0.1) is 3.57 Å². The van der Waals surface area contributed by atoms with Crippen LogP contribution in [-0.2, 0) is 0 Å². The summed E-state index contributed by atoms with van der Waals surface area (Å²) in [7, 11) is 0. The molecule has 3 nitrogen and oxygen atoms in total. The second-order valence-corrected chi connectivity index (χ2v) is 4.73. The van der Waals surface area contributed by atoms with E-state index >= 15 is 0 Å². The maximum absolute atomic E-state index is 4.51. The molecule has 1 aromatic carbocycles. The Morgan fingerprint density at radius 1 is 1.06 bits per heavy atom. The van der Waals surface area contributed by atoms with E-state index in [2.05, 4.69) is 61.8 Å². The lowest BCUT2D eigenvalue weighted by Crippen LogP contribution is -1.79. The zero-order valence-electron chi connectivity index (χ0n) is 8.31. The number of hydrogen-bond acceptors (Lipinski definition) is 2. The average molecular weight is 321 g/mol. The lowest BCUT2D eigenvalue weighted by Gasteiger charge is -1.95. The number of fused-ring (bicyclic) bond motifs is 1. The van der Waals surface area contributed by atoms with Gasteiger partial charge in [-0.2, -0.15) is 0 Å². The molecule has 78 valence electrons. The summed E-state index contributed by atoms with van der Waals surface area (Å²) in [4.78, 5) is 11.8. The van der Waals surface area contributed by atoms with E-state index in [1.54, 1.807) is 12.4 Å². The van der Waals surface area contributed by atoms with Gasteiger partial charge in [-0.05, 0) is 40.8 Å². The van der Waals surface area contributed by atoms with Gasteiger partial charge >= 0.3 is 0 Å². The molecule has 0 saturated carbocycles. The van der Waals surface area contributed by atoms with Crippen molar-refractivity contribution in [3.8, 4) is 11.4 Å². The van der Waals surface area contributed by atoms with Gasteiger partial charge in [0.15, 0.2) is 0 Å². The summed E-state index contributed by atoms with van der Waals surface area (Å²) in [6, 6.07) is 10.2. The maximum Gasteiger partial charge on any atom is 0.138 e. The number of H-pyrrole nitrogens is 1. The molecule has 0 fully saturated rings. The molecule has 0 unspecified atom stereocenters. The van der Waals surface area contributed by atoms with Crippen molar-refractivity contribution in [2.75, 3.05) is 0 Å². The number of nitrogens with one attached hydrogen (secondary N) is 1. The van der Waals surface area contributed by atoms with Crippen molar-refractivity contribution in [2.45, 2.75) is 0 Å². The summed E-state index contributed by atoms with van der Waals surface area (Å²) in [5.74, 6) is 0.888. The van der Waals surface area contributed by atoms with Gasteiger partial charge in [-0.3, -0.25) is 4.98 Å². The number of halogens is 1. The molecule has 1 N–H and O–H groups in total. The molecule has 0 amide bonds. The van der Waals surface area contributed by atoms with Crippen LogP contribution in [0.4, 0.5) is 0 Å². The molecular formula is C12H8IN3. The largest absolute Gasteiger partial charge is 0.337 e. The van der Waals surface area contributed by atoms with Crippen molar-refractivity contribution in [1.82, 2.24) is 15.0 Å². The van der Waals surface area contributed by atoms with Crippen LogP contribution in [-0.4, -0.2) is 15.0 Å². The standard InChI is InChI=1S/C12H8IN3/c13-9-3-1-8(2-4-9)12-15-10-5-6-14-7-11(10)16-12/h1-7H,(H,15,16). The Morgan fingerprint density at radius 2 is 1.88 bits per heavy atom. The van der Waals surface area contributed by atoms with Crippen molar-refractivity contribution in [1.29, 1.82) is 0 Å². The summed E-state index contributed by atoms with van der Waals surface area (Å²) in [5.41, 5.74) is 3.01. The highest BCUT2D eigenvalue weighted by Crippen LogP contribution is 2.20. The monoisotopic (exact) mass is 321 g/mol. The summed E-state index contributed by atoms with van der Waals surface area (Å²) in [6.45, 7) is 0. The molecule has 0 aliphatic heterocycles. The molecule has 0 radical (unpaired) electrons. The highest BCUT2D eigenvalue weighted by atomic mass is 127. The van der Waals surface area contributed by atoms with Crippen LogP contribution in [0.15, 0.2) is 42.7 Å². The molecule has 0 aliphatic rings. The molecule has 0 saturated heterocycles. The van der Waals surface area contributed by atoms with Gasteiger partial charge in [0.05, 0.1) is 17.2 Å². The van der Waals surface area contributed by atoms with Gasteiger partial charge in [-0.15, -0.1) is 0 Å². The zero-order chi connectivity index (χ0) is 11.0. The van der Waals surface area contributed by atoms with Crippen LogP contribution in [0.5, 0.6) is 0 Å². The van der Waals surface area contributed by atoms with E-state index in [-0.39, 0.29) is 0 Å². The van der Waals surface area contributed by atoms with Gasteiger partial charge in [-0.25, -0.2) is 4.98 Å². The van der Waals surface area contributed by atoms with Crippen molar-refractivity contribution in [3.05, 3.63) is 46.3 Å². The number of rotatable bonds is 1. The van der Waals surface area contributed by atoms with Crippen LogP contribution in [0.3, 0.4) is 0 Å². The first kappa shape index (κ1) is 9.77. The topological polar surface area (TPSA) is 41.6 Å². The highest BCUT2D eigenvalue weighted by molar-refractivity contribution is 14.1. The molecular weight excluding hydrogens is 313 g/mol. The van der Waals surface area contributed by atoms with E-state index in [9.17, 15) is 0 Å². The second-order valence-electron chi connectivity index (χ2n) is 3.49. The Morgan fingerprint density at radius 3 is 2.62 bits per heavy atom. The van der Waals surface area contributed by atoms with E-state index < -0.39 is 0 Å². The van der Waals surface area contributed by atoms with E-state index in [1.165, 1.54) is 3.57 Å². The Hall–Kier alpha value is -1.43. The van der Waals surface area contributed by atoms with Gasteiger partial charge in [0.1, 0.15) is 5.82 Å². The van der Waals surface area contributed by atoms with E-state index in [4.69, 9.17) is 0 Å². The Bertz CT molecular complexity index is 595. The highest BCUT2D eigenvalue weighted by Gasteiger charge is 2.04. The fourth-order valence-corrected chi connectivity index (χ4v) is 1.96. The smallest absolute Gasteiger partial charge is 0.138 e. The molecule has 2 heterocycles. The zero-order valence-corrected chi connectivity index (χ0v) is 10.5. The normalized spacial score (nSPS) is 10.8. The first-order chi connectivity index (χ1) is 7.83. The number of hydrogen-bond donors (Lipinski definition) is 1. The summed E-state index contributed by atoms with van der Waals surface area (Å²) in [5, 5.41) is 0. The van der Waals surface area contributed by atoms with E-state index in [0.717, 1.165) is 22.4 Å². The number of imidazole rings is 1. The van der Waals surface area contributed by atoms with Gasteiger partial charge < -0.3 is 4.98 Å². The molecule has 16 heavy (non-hydrogen) atoms. The van der Waals surface area contributed by atoms with Crippen molar-refractivity contribution in [2.24, 2.45) is 0 Å². The molecule has 4 heteroatoms. The van der Waals surface area contributed by atoms with Crippen LogP contribution >= 0.6 is 22.6 Å². The number of benzene rings is 1. The van der Waals surface area contributed by atoms with Crippen LogP contribution < -0.4 is 0 Å². The first-order valence-electron chi connectivity index (χ1n) is 4.88.